The van der Waals surface area contributed by atoms with E-state index in [0.717, 1.165) is 105 Å². The van der Waals surface area contributed by atoms with Crippen molar-refractivity contribution in [3.8, 4) is 67.3 Å². The van der Waals surface area contributed by atoms with Gasteiger partial charge in [0.25, 0.3) is 0 Å². The Morgan fingerprint density at radius 1 is 0.304 bits per heavy atom. The van der Waals surface area contributed by atoms with Crippen molar-refractivity contribution < 1.29 is 8.83 Å². The fourth-order valence-corrected chi connectivity index (χ4v) is 8.20. The standard InChI is InChI=1S/C52H32N2O2/c1-4-16-33(17-5-1)36-30-31-43(49(35-20-8-3-9-21-35)48(36)34-18-6-2-7-19-34)52-53-44(41-26-14-24-39-37-22-10-12-28-46(37)55-50(39)41)32-45(54-52)42-27-15-25-40-38-23-11-13-29-47(38)56-51(40)42/h1-32H. The lowest BCUT2D eigenvalue weighted by Gasteiger charge is -2.20. The molecule has 0 amide bonds. The molecule has 56 heavy (non-hydrogen) atoms. The Kier molecular flexibility index (Phi) is 7.46. The minimum Gasteiger partial charge on any atom is -0.455 e. The Morgan fingerprint density at radius 2 is 0.714 bits per heavy atom. The highest BCUT2D eigenvalue weighted by Gasteiger charge is 2.24. The molecule has 0 N–H and O–H groups in total. The van der Waals surface area contributed by atoms with E-state index < -0.39 is 0 Å². The van der Waals surface area contributed by atoms with Crippen LogP contribution in [0.2, 0.25) is 0 Å². The van der Waals surface area contributed by atoms with Crippen LogP contribution in [0.15, 0.2) is 203 Å². The summed E-state index contributed by atoms with van der Waals surface area (Å²) in [6, 6.07) is 67.2. The molecule has 3 aromatic heterocycles. The third-order valence-electron chi connectivity index (χ3n) is 10.7. The summed E-state index contributed by atoms with van der Waals surface area (Å²) in [5.41, 5.74) is 14.1. The molecule has 0 aliphatic rings. The van der Waals surface area contributed by atoms with E-state index in [2.05, 4.69) is 158 Å². The monoisotopic (exact) mass is 716 g/mol. The van der Waals surface area contributed by atoms with E-state index in [1.807, 2.05) is 36.4 Å². The Bertz CT molecular complexity index is 3100. The normalized spacial score (nSPS) is 11.6. The number of aromatic nitrogens is 2. The van der Waals surface area contributed by atoms with Crippen molar-refractivity contribution in [2.45, 2.75) is 0 Å². The highest BCUT2D eigenvalue weighted by molar-refractivity contribution is 6.11. The van der Waals surface area contributed by atoms with Crippen LogP contribution in [0.1, 0.15) is 0 Å². The minimum absolute atomic E-state index is 0.606. The van der Waals surface area contributed by atoms with E-state index >= 15 is 0 Å². The molecule has 0 spiro atoms. The summed E-state index contributed by atoms with van der Waals surface area (Å²) in [7, 11) is 0. The maximum Gasteiger partial charge on any atom is 0.161 e. The second-order valence-corrected chi connectivity index (χ2v) is 14.0. The van der Waals surface area contributed by atoms with Crippen molar-refractivity contribution in [3.05, 3.63) is 194 Å². The van der Waals surface area contributed by atoms with Crippen molar-refractivity contribution in [2.75, 3.05) is 0 Å². The molecule has 0 saturated heterocycles. The predicted octanol–water partition coefficient (Wildman–Crippen LogP) is 14.3. The van der Waals surface area contributed by atoms with Crippen LogP contribution < -0.4 is 0 Å². The molecule has 4 nitrogen and oxygen atoms in total. The number of hydrogen-bond acceptors (Lipinski definition) is 4. The van der Waals surface area contributed by atoms with Gasteiger partial charge in [-0.15, -0.1) is 0 Å². The van der Waals surface area contributed by atoms with E-state index in [4.69, 9.17) is 18.8 Å². The summed E-state index contributed by atoms with van der Waals surface area (Å²) >= 11 is 0. The van der Waals surface area contributed by atoms with Gasteiger partial charge in [0.05, 0.1) is 11.4 Å². The molecule has 0 aliphatic carbocycles. The fraction of sp³-hybridized carbons (Fsp3) is 0. The average Bonchev–Trinajstić information content (AvgIpc) is 3.85. The third-order valence-corrected chi connectivity index (χ3v) is 10.7. The second kappa shape index (κ2) is 13.1. The summed E-state index contributed by atoms with van der Waals surface area (Å²) < 4.78 is 13.2. The molecule has 0 aliphatic heterocycles. The lowest BCUT2D eigenvalue weighted by Crippen LogP contribution is -2.00. The highest BCUT2D eigenvalue weighted by Crippen LogP contribution is 2.46. The highest BCUT2D eigenvalue weighted by atomic mass is 16.3. The Morgan fingerprint density at radius 3 is 1.23 bits per heavy atom. The fourth-order valence-electron chi connectivity index (χ4n) is 8.20. The first kappa shape index (κ1) is 31.9. The van der Waals surface area contributed by atoms with Crippen LogP contribution in [-0.2, 0) is 0 Å². The van der Waals surface area contributed by atoms with Gasteiger partial charge in [-0.3, -0.25) is 0 Å². The van der Waals surface area contributed by atoms with E-state index in [-0.39, 0.29) is 0 Å². The summed E-state index contributed by atoms with van der Waals surface area (Å²) in [4.78, 5) is 10.9. The van der Waals surface area contributed by atoms with Crippen LogP contribution in [0.5, 0.6) is 0 Å². The number of furan rings is 2. The number of fused-ring (bicyclic) bond motifs is 6. The molecule has 11 rings (SSSR count). The maximum atomic E-state index is 6.60. The number of nitrogens with zero attached hydrogens (tertiary/aromatic N) is 2. The molecule has 0 radical (unpaired) electrons. The SMILES string of the molecule is c1ccc(-c2ccc(-c3nc(-c4cccc5c4oc4ccccc45)cc(-c4cccc5c4oc4ccccc45)n3)c(-c3ccccc3)c2-c2ccccc2)cc1. The molecule has 262 valence electrons. The van der Waals surface area contributed by atoms with Gasteiger partial charge >= 0.3 is 0 Å². The van der Waals surface area contributed by atoms with Crippen molar-refractivity contribution >= 4 is 43.9 Å². The number of para-hydroxylation sites is 4. The lowest BCUT2D eigenvalue weighted by molar-refractivity contribution is 0.669. The average molecular weight is 717 g/mol. The molecule has 0 fully saturated rings. The van der Waals surface area contributed by atoms with E-state index in [9.17, 15) is 0 Å². The van der Waals surface area contributed by atoms with Gasteiger partial charge in [-0.2, -0.15) is 0 Å². The molecule has 0 unspecified atom stereocenters. The summed E-state index contributed by atoms with van der Waals surface area (Å²) in [5, 5.41) is 4.23. The van der Waals surface area contributed by atoms with Crippen LogP contribution in [0.25, 0.3) is 111 Å². The second-order valence-electron chi connectivity index (χ2n) is 14.0. The first-order chi connectivity index (χ1) is 27.8. The molecule has 0 saturated carbocycles. The van der Waals surface area contributed by atoms with Crippen LogP contribution in [0.3, 0.4) is 0 Å². The largest absolute Gasteiger partial charge is 0.455 e. The smallest absolute Gasteiger partial charge is 0.161 e. The first-order valence-electron chi connectivity index (χ1n) is 18.8. The van der Waals surface area contributed by atoms with E-state index in [0.29, 0.717) is 5.82 Å². The summed E-state index contributed by atoms with van der Waals surface area (Å²) in [6.45, 7) is 0. The van der Waals surface area contributed by atoms with Gasteiger partial charge in [-0.05, 0) is 64.2 Å². The van der Waals surface area contributed by atoms with Gasteiger partial charge in [0.1, 0.15) is 22.3 Å². The number of benzene rings is 8. The van der Waals surface area contributed by atoms with E-state index in [1.165, 1.54) is 0 Å². The topological polar surface area (TPSA) is 52.1 Å². The number of hydrogen-bond donors (Lipinski definition) is 0. The van der Waals surface area contributed by atoms with Crippen LogP contribution in [-0.4, -0.2) is 9.97 Å². The molecular formula is C52H32N2O2. The molecule has 11 aromatic rings. The predicted molar refractivity (Wildman–Crippen MR) is 229 cm³/mol. The molecule has 8 aromatic carbocycles. The quantitative estimate of drug-likeness (QED) is 0.172. The first-order valence-corrected chi connectivity index (χ1v) is 18.8. The Labute approximate surface area is 323 Å². The van der Waals surface area contributed by atoms with Crippen LogP contribution in [0.4, 0.5) is 0 Å². The van der Waals surface area contributed by atoms with Crippen LogP contribution in [0, 0.1) is 0 Å². The molecule has 0 bridgehead atoms. The molecule has 4 heteroatoms. The zero-order valence-electron chi connectivity index (χ0n) is 30.2. The Hall–Kier alpha value is -7.56. The van der Waals surface area contributed by atoms with Gasteiger partial charge < -0.3 is 8.83 Å². The van der Waals surface area contributed by atoms with E-state index in [1.54, 1.807) is 0 Å². The minimum atomic E-state index is 0.606. The van der Waals surface area contributed by atoms with Gasteiger partial charge in [-0.25, -0.2) is 9.97 Å². The zero-order valence-corrected chi connectivity index (χ0v) is 30.2. The summed E-state index contributed by atoms with van der Waals surface area (Å²) in [6.07, 6.45) is 0. The maximum absolute atomic E-state index is 6.60. The lowest BCUT2D eigenvalue weighted by atomic mass is 9.84. The van der Waals surface area contributed by atoms with Gasteiger partial charge in [-0.1, -0.05) is 158 Å². The van der Waals surface area contributed by atoms with Crippen LogP contribution >= 0.6 is 0 Å². The van der Waals surface area contributed by atoms with Gasteiger partial charge in [0.15, 0.2) is 5.82 Å². The molecule has 0 atom stereocenters. The molecule has 3 heterocycles. The Balaban J connectivity index is 1.25. The van der Waals surface area contributed by atoms with Crippen molar-refractivity contribution in [1.29, 1.82) is 0 Å². The number of rotatable bonds is 6. The van der Waals surface area contributed by atoms with Crippen molar-refractivity contribution in [1.82, 2.24) is 9.97 Å². The van der Waals surface area contributed by atoms with Gasteiger partial charge in [0, 0.05) is 43.8 Å². The molecular weight excluding hydrogens is 685 g/mol. The van der Waals surface area contributed by atoms with Crippen molar-refractivity contribution in [2.24, 2.45) is 0 Å². The third kappa shape index (κ3) is 5.23. The zero-order chi connectivity index (χ0) is 37.0. The van der Waals surface area contributed by atoms with Gasteiger partial charge in [0.2, 0.25) is 0 Å². The van der Waals surface area contributed by atoms with Crippen molar-refractivity contribution in [3.63, 3.8) is 0 Å². The summed E-state index contributed by atoms with van der Waals surface area (Å²) in [5.74, 6) is 0.606.